The highest BCUT2D eigenvalue weighted by Crippen LogP contribution is 2.40. The maximum atomic E-state index is 12.9. The van der Waals surface area contributed by atoms with Gasteiger partial charge >= 0.3 is 0 Å². The topological polar surface area (TPSA) is 77.1 Å². The largest absolute Gasteiger partial charge is 0.493 e. The highest BCUT2D eigenvalue weighted by Gasteiger charge is 2.29. The zero-order chi connectivity index (χ0) is 26.4. The number of nitrogens with one attached hydrogen (secondary N) is 1. The van der Waals surface area contributed by atoms with Gasteiger partial charge in [-0.3, -0.25) is 9.59 Å². The summed E-state index contributed by atoms with van der Waals surface area (Å²) in [6.07, 6.45) is 8.42. The number of anilines is 1. The lowest BCUT2D eigenvalue weighted by Crippen LogP contribution is -2.36. The molecule has 1 aliphatic heterocycles. The smallest absolute Gasteiger partial charge is 0.246 e. The average Bonchev–Trinajstić information content (AvgIpc) is 3.37. The Morgan fingerprint density at radius 3 is 2.19 bits per heavy atom. The fraction of sp³-hybridized carbons (Fsp3) is 0.467. The van der Waals surface area contributed by atoms with Crippen LogP contribution >= 0.6 is 0 Å². The van der Waals surface area contributed by atoms with E-state index in [-0.39, 0.29) is 17.7 Å². The molecule has 4 rings (SSSR count). The van der Waals surface area contributed by atoms with Crippen LogP contribution in [0.2, 0.25) is 0 Å². The molecule has 198 valence electrons. The van der Waals surface area contributed by atoms with E-state index >= 15 is 0 Å². The number of nitrogens with zero attached hydrogens (tertiary/aromatic N) is 1. The lowest BCUT2D eigenvalue weighted by molar-refractivity contribution is -0.127. The van der Waals surface area contributed by atoms with Crippen LogP contribution in [0.4, 0.5) is 5.69 Å². The van der Waals surface area contributed by atoms with Gasteiger partial charge in [-0.2, -0.15) is 0 Å². The molecule has 2 fully saturated rings. The van der Waals surface area contributed by atoms with Crippen LogP contribution in [0, 0.1) is 11.8 Å². The Hall–Kier alpha value is -3.48. The second-order valence-corrected chi connectivity index (χ2v) is 9.98. The summed E-state index contributed by atoms with van der Waals surface area (Å²) in [5.74, 6) is 2.72. The van der Waals surface area contributed by atoms with Crippen molar-refractivity contribution in [2.24, 2.45) is 11.8 Å². The fourth-order valence-electron chi connectivity index (χ4n) is 5.56. The molecule has 0 bridgehead atoms. The molecule has 2 aliphatic rings. The molecule has 2 unspecified atom stereocenters. The quantitative estimate of drug-likeness (QED) is 0.478. The molecule has 2 aromatic carbocycles. The first-order chi connectivity index (χ1) is 17.9. The van der Waals surface area contributed by atoms with E-state index in [0.29, 0.717) is 42.2 Å². The van der Waals surface area contributed by atoms with Gasteiger partial charge in [0, 0.05) is 36.3 Å². The van der Waals surface area contributed by atoms with Crippen molar-refractivity contribution < 1.29 is 23.8 Å². The number of hydrogen-bond donors (Lipinski definition) is 1. The molecule has 7 heteroatoms. The van der Waals surface area contributed by atoms with Crippen LogP contribution in [0.5, 0.6) is 17.2 Å². The number of carbonyl (C=O) groups excluding carboxylic acids is 2. The fourth-order valence-corrected chi connectivity index (χ4v) is 5.56. The predicted octanol–water partition coefficient (Wildman–Crippen LogP) is 5.51. The van der Waals surface area contributed by atoms with Crippen molar-refractivity contribution in [3.05, 3.63) is 53.6 Å². The number of hydrogen-bond acceptors (Lipinski definition) is 5. The maximum Gasteiger partial charge on any atom is 0.246 e. The van der Waals surface area contributed by atoms with Gasteiger partial charge in [0.05, 0.1) is 21.3 Å². The number of piperidine rings is 1. The van der Waals surface area contributed by atoms with Crippen LogP contribution in [-0.4, -0.2) is 51.1 Å². The molecule has 1 N–H and O–H groups in total. The SMILES string of the molecule is COc1ccc(/C=C/C(=O)N2CCC(c3ccc(NC(=O)C4CCCC4C)cc3)CC2)c(OC)c1OC. The van der Waals surface area contributed by atoms with Crippen molar-refractivity contribution >= 4 is 23.6 Å². The van der Waals surface area contributed by atoms with Crippen LogP contribution in [0.1, 0.15) is 56.1 Å². The normalized spacial score (nSPS) is 20.2. The number of amides is 2. The van der Waals surface area contributed by atoms with E-state index in [1.807, 2.05) is 23.1 Å². The summed E-state index contributed by atoms with van der Waals surface area (Å²) in [6, 6.07) is 11.9. The van der Waals surface area contributed by atoms with Crippen LogP contribution in [0.15, 0.2) is 42.5 Å². The molecule has 1 saturated carbocycles. The van der Waals surface area contributed by atoms with Crippen molar-refractivity contribution in [2.45, 2.75) is 44.9 Å². The Labute approximate surface area is 219 Å². The minimum absolute atomic E-state index is 0.0190. The maximum absolute atomic E-state index is 12.9. The number of methoxy groups -OCH3 is 3. The monoisotopic (exact) mass is 506 g/mol. The van der Waals surface area contributed by atoms with E-state index in [2.05, 4.69) is 24.4 Å². The Morgan fingerprint density at radius 2 is 1.59 bits per heavy atom. The van der Waals surface area contributed by atoms with Crippen LogP contribution in [-0.2, 0) is 9.59 Å². The van der Waals surface area contributed by atoms with Crippen LogP contribution < -0.4 is 19.5 Å². The second kappa shape index (κ2) is 12.2. The van der Waals surface area contributed by atoms with Gasteiger partial charge in [0.15, 0.2) is 11.5 Å². The summed E-state index contributed by atoms with van der Waals surface area (Å²) >= 11 is 0. The van der Waals surface area contributed by atoms with Gasteiger partial charge in [-0.25, -0.2) is 0 Å². The zero-order valence-corrected chi connectivity index (χ0v) is 22.3. The van der Waals surface area contributed by atoms with Crippen LogP contribution in [0.3, 0.4) is 0 Å². The molecule has 2 aromatic rings. The number of likely N-dealkylation sites (tertiary alicyclic amines) is 1. The van der Waals surface area contributed by atoms with E-state index in [1.165, 1.54) is 5.56 Å². The molecule has 1 saturated heterocycles. The van der Waals surface area contributed by atoms with Crippen molar-refractivity contribution in [1.29, 1.82) is 0 Å². The summed E-state index contributed by atoms with van der Waals surface area (Å²) in [6.45, 7) is 3.57. The van der Waals surface area contributed by atoms with Gasteiger partial charge in [-0.1, -0.05) is 25.5 Å². The summed E-state index contributed by atoms with van der Waals surface area (Å²) in [4.78, 5) is 27.3. The van der Waals surface area contributed by atoms with Gasteiger partial charge in [0.2, 0.25) is 17.6 Å². The number of ether oxygens (including phenoxy) is 3. The molecule has 0 radical (unpaired) electrons. The molecule has 1 aliphatic carbocycles. The molecule has 2 amide bonds. The van der Waals surface area contributed by atoms with Gasteiger partial charge in [0.1, 0.15) is 0 Å². The molecular formula is C30H38N2O5. The van der Waals surface area contributed by atoms with E-state index in [0.717, 1.165) is 43.4 Å². The van der Waals surface area contributed by atoms with Gasteiger partial charge in [-0.05, 0) is 73.4 Å². The number of rotatable bonds is 8. The third kappa shape index (κ3) is 6.09. The first kappa shape index (κ1) is 26.6. The van der Waals surface area contributed by atoms with Crippen molar-refractivity contribution in [3.63, 3.8) is 0 Å². The molecular weight excluding hydrogens is 468 g/mol. The first-order valence-electron chi connectivity index (χ1n) is 13.1. The zero-order valence-electron chi connectivity index (χ0n) is 22.3. The van der Waals surface area contributed by atoms with Crippen molar-refractivity contribution in [1.82, 2.24) is 4.90 Å². The van der Waals surface area contributed by atoms with Gasteiger partial charge in [0.25, 0.3) is 0 Å². The van der Waals surface area contributed by atoms with E-state index in [4.69, 9.17) is 14.2 Å². The Balaban J connectivity index is 1.31. The summed E-state index contributed by atoms with van der Waals surface area (Å²) in [5.41, 5.74) is 2.86. The van der Waals surface area contributed by atoms with Crippen molar-refractivity contribution in [2.75, 3.05) is 39.7 Å². The highest BCUT2D eigenvalue weighted by molar-refractivity contribution is 5.93. The van der Waals surface area contributed by atoms with Crippen molar-refractivity contribution in [3.8, 4) is 17.2 Å². The number of benzene rings is 2. The van der Waals surface area contributed by atoms with Crippen LogP contribution in [0.25, 0.3) is 6.08 Å². The lowest BCUT2D eigenvalue weighted by Gasteiger charge is -2.31. The molecule has 0 aromatic heterocycles. The standard InChI is InChI=1S/C30H38N2O5/c1-20-6-5-7-25(20)30(34)31-24-12-8-21(9-13-24)22-16-18-32(19-17-22)27(33)15-11-23-10-14-26(35-2)29(37-4)28(23)36-3/h8-15,20,22,25H,5-7,16-19H2,1-4H3,(H,31,34)/b15-11+. The Morgan fingerprint density at radius 1 is 0.892 bits per heavy atom. The third-order valence-corrected chi connectivity index (χ3v) is 7.79. The highest BCUT2D eigenvalue weighted by atomic mass is 16.5. The number of carbonyl (C=O) groups is 2. The summed E-state index contributed by atoms with van der Waals surface area (Å²) in [5, 5.41) is 3.09. The summed E-state index contributed by atoms with van der Waals surface area (Å²) < 4.78 is 16.3. The van der Waals surface area contributed by atoms with Gasteiger partial charge < -0.3 is 24.4 Å². The van der Waals surface area contributed by atoms with E-state index in [9.17, 15) is 9.59 Å². The molecule has 37 heavy (non-hydrogen) atoms. The predicted molar refractivity (Wildman–Crippen MR) is 145 cm³/mol. The minimum atomic E-state index is -0.0190. The Kier molecular flexibility index (Phi) is 8.74. The molecule has 7 nitrogen and oxygen atoms in total. The third-order valence-electron chi connectivity index (χ3n) is 7.79. The Bertz CT molecular complexity index is 1120. The molecule has 2 atom stereocenters. The van der Waals surface area contributed by atoms with E-state index < -0.39 is 0 Å². The molecule has 1 heterocycles. The van der Waals surface area contributed by atoms with E-state index in [1.54, 1.807) is 39.5 Å². The second-order valence-electron chi connectivity index (χ2n) is 9.98. The first-order valence-corrected chi connectivity index (χ1v) is 13.1. The van der Waals surface area contributed by atoms with Gasteiger partial charge in [-0.15, -0.1) is 0 Å². The molecule has 0 spiro atoms. The average molecular weight is 507 g/mol. The minimum Gasteiger partial charge on any atom is -0.493 e. The summed E-state index contributed by atoms with van der Waals surface area (Å²) in [7, 11) is 4.70. The lowest BCUT2D eigenvalue weighted by atomic mass is 9.89.